The lowest BCUT2D eigenvalue weighted by atomic mass is 9.78. The molecular weight excluding hydrogens is 684 g/mol. The van der Waals surface area contributed by atoms with Gasteiger partial charge in [0.25, 0.3) is 0 Å². The molecule has 0 aromatic heterocycles. The highest BCUT2D eigenvalue weighted by Crippen LogP contribution is 2.38. The van der Waals surface area contributed by atoms with Crippen LogP contribution in [-0.2, 0) is 52.5 Å². The van der Waals surface area contributed by atoms with E-state index in [0.29, 0.717) is 0 Å². The predicted octanol–water partition coefficient (Wildman–Crippen LogP) is 1.86. The van der Waals surface area contributed by atoms with Gasteiger partial charge in [-0.3, -0.25) is 19.2 Å². The zero-order valence-electron chi connectivity index (χ0n) is 26.4. The summed E-state index contributed by atoms with van der Waals surface area (Å²) in [5.74, 6) is -11.5. The van der Waals surface area contributed by atoms with Crippen LogP contribution in [0.25, 0.3) is 12.2 Å². The van der Waals surface area contributed by atoms with E-state index >= 15 is 0 Å². The normalized spacial score (nSPS) is 20.0. The average molecular weight is 717 g/mol. The van der Waals surface area contributed by atoms with Crippen molar-refractivity contribution in [3.8, 4) is 23.0 Å². The van der Waals surface area contributed by atoms with Crippen LogP contribution >= 0.6 is 0 Å². The molecule has 2 aromatic carbocycles. The summed E-state index contributed by atoms with van der Waals surface area (Å²) in [5.41, 5.74) is -2.29. The summed E-state index contributed by atoms with van der Waals surface area (Å²) in [6.07, 6.45) is -6.48. The Balaban J connectivity index is 2.01. The van der Waals surface area contributed by atoms with E-state index in [1.54, 1.807) is 0 Å². The van der Waals surface area contributed by atoms with Crippen molar-refractivity contribution in [1.82, 2.24) is 0 Å². The number of hydrogen-bond acceptors (Lipinski definition) is 15. The van der Waals surface area contributed by atoms with E-state index in [2.05, 4.69) is 0 Å². The summed E-state index contributed by atoms with van der Waals surface area (Å²) < 4.78 is 21.4. The third kappa shape index (κ3) is 11.5. The zero-order valence-corrected chi connectivity index (χ0v) is 26.4. The summed E-state index contributed by atoms with van der Waals surface area (Å²) >= 11 is 0. The molecule has 2 aromatic rings. The molecule has 51 heavy (non-hydrogen) atoms. The predicted molar refractivity (Wildman–Crippen MR) is 167 cm³/mol. The van der Waals surface area contributed by atoms with Crippen LogP contribution in [0.2, 0.25) is 0 Å². The molecule has 3 rings (SSSR count). The zero-order chi connectivity index (χ0) is 37.9. The van der Waals surface area contributed by atoms with Crippen molar-refractivity contribution >= 4 is 53.9 Å². The van der Waals surface area contributed by atoms with E-state index in [9.17, 15) is 59.1 Å². The van der Waals surface area contributed by atoms with Crippen LogP contribution in [0.5, 0.6) is 23.0 Å². The van der Waals surface area contributed by atoms with Crippen molar-refractivity contribution in [2.24, 2.45) is 0 Å². The van der Waals surface area contributed by atoms with Gasteiger partial charge in [0.15, 0.2) is 29.1 Å². The van der Waals surface area contributed by atoms with Gasteiger partial charge in [0.2, 0.25) is 5.60 Å². The Morgan fingerprint density at radius 1 is 0.608 bits per heavy atom. The molecule has 1 aliphatic carbocycles. The van der Waals surface area contributed by atoms with E-state index in [0.717, 1.165) is 48.6 Å². The number of aromatic hydroxyl groups is 4. The summed E-state index contributed by atoms with van der Waals surface area (Å²) in [7, 11) is 0. The smallest absolute Gasteiger partial charge is 0.348 e. The first kappa shape index (κ1) is 38.9. The largest absolute Gasteiger partial charge is 0.504 e. The van der Waals surface area contributed by atoms with Gasteiger partial charge in [-0.05, 0) is 47.5 Å². The maximum Gasteiger partial charge on any atom is 0.348 e. The molecule has 0 saturated heterocycles. The quantitative estimate of drug-likeness (QED) is 0.0599. The Bertz CT molecular complexity index is 1740. The molecule has 0 bridgehead atoms. The first-order valence-corrected chi connectivity index (χ1v) is 14.9. The monoisotopic (exact) mass is 716 g/mol. The molecule has 0 aliphatic heterocycles. The maximum absolute atomic E-state index is 13.0. The number of benzene rings is 2. The number of aliphatic carboxylic acids is 3. The first-order chi connectivity index (χ1) is 24.0. The van der Waals surface area contributed by atoms with Crippen molar-refractivity contribution in [1.29, 1.82) is 0 Å². The lowest BCUT2D eigenvalue weighted by molar-refractivity contribution is -0.220. The fourth-order valence-electron chi connectivity index (χ4n) is 4.76. The third-order valence-corrected chi connectivity index (χ3v) is 7.21. The second-order valence-corrected chi connectivity index (χ2v) is 11.0. The molecule has 7 N–H and O–H groups in total. The Labute approximate surface area is 287 Å². The lowest BCUT2D eigenvalue weighted by Gasteiger charge is -2.43. The lowest BCUT2D eigenvalue weighted by Crippen LogP contribution is -2.60. The van der Waals surface area contributed by atoms with Gasteiger partial charge in [-0.2, -0.15) is 0 Å². The van der Waals surface area contributed by atoms with Crippen molar-refractivity contribution in [3.05, 3.63) is 59.7 Å². The van der Waals surface area contributed by atoms with Gasteiger partial charge < -0.3 is 54.7 Å². The Hall–Kier alpha value is -6.59. The van der Waals surface area contributed by atoms with Crippen LogP contribution in [0.1, 0.15) is 49.7 Å². The molecule has 0 heterocycles. The van der Waals surface area contributed by atoms with Crippen LogP contribution in [0.3, 0.4) is 0 Å². The van der Waals surface area contributed by atoms with E-state index in [4.69, 9.17) is 29.2 Å². The topological polar surface area (TPSA) is 298 Å². The van der Waals surface area contributed by atoms with Crippen molar-refractivity contribution in [2.75, 3.05) is 0 Å². The van der Waals surface area contributed by atoms with Gasteiger partial charge in [0.05, 0.1) is 25.7 Å². The number of ether oxygens (including phenoxy) is 4. The molecule has 0 unspecified atom stereocenters. The van der Waals surface area contributed by atoms with Gasteiger partial charge in [-0.15, -0.1) is 0 Å². The Morgan fingerprint density at radius 2 is 1.06 bits per heavy atom. The summed E-state index contributed by atoms with van der Waals surface area (Å²) in [6.45, 7) is 0. The van der Waals surface area contributed by atoms with E-state index < -0.39 is 127 Å². The minimum absolute atomic E-state index is 0.175. The summed E-state index contributed by atoms with van der Waals surface area (Å²) in [6, 6.07) is 6.99. The number of hydrogen-bond donors (Lipinski definition) is 7. The molecule has 0 radical (unpaired) electrons. The van der Waals surface area contributed by atoms with Gasteiger partial charge in [0, 0.05) is 25.0 Å². The number of phenols is 4. The molecule has 0 amide bonds. The van der Waals surface area contributed by atoms with Crippen LogP contribution < -0.4 is 0 Å². The highest BCUT2D eigenvalue weighted by molar-refractivity contribution is 5.91. The number of carbonyl (C=O) groups is 7. The number of carboxylic acid groups (broad SMARTS) is 3. The van der Waals surface area contributed by atoms with Crippen molar-refractivity contribution in [3.63, 3.8) is 0 Å². The highest BCUT2D eigenvalue weighted by Gasteiger charge is 2.57. The fraction of sp³-hybridized carbons (Fsp3) is 0.303. The van der Waals surface area contributed by atoms with Crippen molar-refractivity contribution in [2.45, 2.75) is 62.4 Å². The molecule has 4 atom stereocenters. The second kappa shape index (κ2) is 17.2. The van der Waals surface area contributed by atoms with Gasteiger partial charge in [-0.1, -0.05) is 12.1 Å². The standard InChI is InChI=1S/C33H32O18/c34-19-5-1-17(13-21(19)36)3-9-27(42)48-23-15-33(32(46)47,51-30(45)10-4-18-2-6-20(35)22(37)14-18)16-24(49-28(43)11-7-25(38)39)31(23)50-29(44)12-8-26(40)41/h1-6,9-10,13-14,23-24,31,34-37H,7-8,11-12,15-16H2,(H,38,39)(H,40,41)(H,46,47)/t23-,24-,31+,33-/m1/s1. The van der Waals surface area contributed by atoms with Crippen LogP contribution in [0.4, 0.5) is 0 Å². The van der Waals surface area contributed by atoms with Crippen molar-refractivity contribution < 1.29 is 88.3 Å². The van der Waals surface area contributed by atoms with E-state index in [1.165, 1.54) is 12.1 Å². The van der Waals surface area contributed by atoms with Crippen LogP contribution in [0, 0.1) is 0 Å². The summed E-state index contributed by atoms with van der Waals surface area (Å²) in [5, 5.41) is 66.7. The minimum atomic E-state index is -2.66. The molecule has 272 valence electrons. The number of carboxylic acids is 3. The molecule has 1 aliphatic rings. The highest BCUT2D eigenvalue weighted by atomic mass is 16.6. The molecule has 1 fully saturated rings. The number of carbonyl (C=O) groups excluding carboxylic acids is 4. The van der Waals surface area contributed by atoms with E-state index in [1.807, 2.05) is 0 Å². The fourth-order valence-corrected chi connectivity index (χ4v) is 4.76. The number of esters is 4. The maximum atomic E-state index is 13.0. The SMILES string of the molecule is O=C(O)CCC(=O)O[C@H]1[C@H](OC(=O)C=Cc2ccc(O)c(O)c2)C[C@](OC(=O)C=Cc2ccc(O)c(O)c2)(C(=O)O)C[C@H]1OC(=O)CCC(=O)O. The third-order valence-electron chi connectivity index (χ3n) is 7.21. The van der Waals surface area contributed by atoms with Gasteiger partial charge in [-0.25, -0.2) is 14.4 Å². The Morgan fingerprint density at radius 3 is 1.51 bits per heavy atom. The van der Waals surface area contributed by atoms with Gasteiger partial charge >= 0.3 is 41.8 Å². The average Bonchev–Trinajstić information content (AvgIpc) is 3.05. The minimum Gasteiger partial charge on any atom is -0.504 e. The van der Waals surface area contributed by atoms with Crippen LogP contribution in [-0.4, -0.2) is 101 Å². The number of phenolic OH excluding ortho intramolecular Hbond substituents is 4. The van der Waals surface area contributed by atoms with Gasteiger partial charge in [0.1, 0.15) is 12.2 Å². The second-order valence-electron chi connectivity index (χ2n) is 11.0. The first-order valence-electron chi connectivity index (χ1n) is 14.9. The Kier molecular flexibility index (Phi) is 13.1. The molecular formula is C33H32O18. The molecule has 18 nitrogen and oxygen atoms in total. The van der Waals surface area contributed by atoms with E-state index in [-0.39, 0.29) is 11.1 Å². The number of rotatable bonds is 15. The van der Waals surface area contributed by atoms with Crippen LogP contribution in [0.15, 0.2) is 48.6 Å². The molecule has 18 heteroatoms. The molecule has 0 spiro atoms. The molecule has 1 saturated carbocycles. The summed E-state index contributed by atoms with van der Waals surface area (Å²) in [4.78, 5) is 86.1.